The number of carbonyl (C=O) groups excluding carboxylic acids is 2. The average Bonchev–Trinajstić information content (AvgIpc) is 3.30. The third-order valence-corrected chi connectivity index (χ3v) is 6.44. The fourth-order valence-corrected chi connectivity index (χ4v) is 4.78. The van der Waals surface area contributed by atoms with Gasteiger partial charge in [0.25, 0.3) is 5.79 Å². The van der Waals surface area contributed by atoms with Crippen LogP contribution in [0.25, 0.3) is 0 Å². The number of aromatic nitrogens is 3. The molecule has 0 saturated heterocycles. The van der Waals surface area contributed by atoms with Gasteiger partial charge in [0.05, 0.1) is 5.75 Å². The van der Waals surface area contributed by atoms with E-state index in [9.17, 15) is 9.59 Å². The van der Waals surface area contributed by atoms with Gasteiger partial charge in [-0.2, -0.15) is 0 Å². The number of anilines is 1. The fourth-order valence-electron chi connectivity index (χ4n) is 3.96. The van der Waals surface area contributed by atoms with E-state index in [1.165, 1.54) is 18.2 Å². The minimum absolute atomic E-state index is 0.152. The number of rotatable bonds is 8. The van der Waals surface area contributed by atoms with Crippen molar-refractivity contribution in [3.8, 4) is 11.5 Å². The average molecular weight is 446 g/mol. The predicted molar refractivity (Wildman–Crippen MR) is 116 cm³/mol. The molecule has 1 aromatic carbocycles. The standard InChI is InChI=1S/C21H27N5O4S/c1-2-26-18(9-8-17(22)27)24-25-20(26)31-13-19(28)23-14-6-7-15-16(12-14)30-21(29-15)10-4-3-5-11-21/h6-7,12H,2-5,8-11,13H2,1H3,(H2,22,27)(H,23,28). The molecule has 2 aromatic rings. The quantitative estimate of drug-likeness (QED) is 0.599. The summed E-state index contributed by atoms with van der Waals surface area (Å²) in [5.74, 6) is 1.22. The second kappa shape index (κ2) is 9.17. The van der Waals surface area contributed by atoms with Crippen LogP contribution < -0.4 is 20.5 Å². The van der Waals surface area contributed by atoms with Gasteiger partial charge in [-0.15, -0.1) is 10.2 Å². The Labute approximate surface area is 185 Å². The van der Waals surface area contributed by atoms with E-state index >= 15 is 0 Å². The number of fused-ring (bicyclic) bond motifs is 1. The molecule has 0 atom stereocenters. The van der Waals surface area contributed by atoms with Gasteiger partial charge in [-0.25, -0.2) is 0 Å². The second-order valence-corrected chi connectivity index (χ2v) is 8.73. The van der Waals surface area contributed by atoms with Crippen LogP contribution in [0, 0.1) is 0 Å². The van der Waals surface area contributed by atoms with Gasteiger partial charge in [-0.05, 0) is 31.9 Å². The van der Waals surface area contributed by atoms with E-state index in [2.05, 4.69) is 15.5 Å². The minimum atomic E-state index is -0.532. The molecule has 0 bridgehead atoms. The Morgan fingerprint density at radius 1 is 1.19 bits per heavy atom. The van der Waals surface area contributed by atoms with Crippen LogP contribution >= 0.6 is 11.8 Å². The molecule has 2 aliphatic rings. The third kappa shape index (κ3) is 4.95. The summed E-state index contributed by atoms with van der Waals surface area (Å²) in [6, 6.07) is 5.49. The van der Waals surface area contributed by atoms with Gasteiger partial charge in [-0.1, -0.05) is 18.2 Å². The topological polar surface area (TPSA) is 121 Å². The van der Waals surface area contributed by atoms with Crippen LogP contribution in [0.5, 0.6) is 11.5 Å². The SMILES string of the molecule is CCn1c(CCC(N)=O)nnc1SCC(=O)Nc1ccc2c(c1)OC1(CCCCC1)O2. The van der Waals surface area contributed by atoms with Crippen molar-refractivity contribution in [2.75, 3.05) is 11.1 Å². The van der Waals surface area contributed by atoms with E-state index < -0.39 is 5.79 Å². The summed E-state index contributed by atoms with van der Waals surface area (Å²) in [5.41, 5.74) is 5.88. The summed E-state index contributed by atoms with van der Waals surface area (Å²) < 4.78 is 14.1. The number of benzene rings is 1. The molecule has 4 rings (SSSR count). The highest BCUT2D eigenvalue weighted by Crippen LogP contribution is 2.46. The summed E-state index contributed by atoms with van der Waals surface area (Å²) >= 11 is 1.30. The van der Waals surface area contributed by atoms with Crippen molar-refractivity contribution in [1.82, 2.24) is 14.8 Å². The summed E-state index contributed by atoms with van der Waals surface area (Å²) in [6.45, 7) is 2.61. The number of carbonyl (C=O) groups is 2. The smallest absolute Gasteiger partial charge is 0.251 e. The number of primary amides is 1. The fraction of sp³-hybridized carbons (Fsp3) is 0.524. The highest BCUT2D eigenvalue weighted by Gasteiger charge is 2.42. The summed E-state index contributed by atoms with van der Waals surface area (Å²) in [7, 11) is 0. The lowest BCUT2D eigenvalue weighted by Crippen LogP contribution is -2.40. The first-order valence-corrected chi connectivity index (χ1v) is 11.6. The number of amides is 2. The van der Waals surface area contributed by atoms with Crippen LogP contribution in [-0.4, -0.2) is 38.1 Å². The molecule has 2 heterocycles. The number of nitrogens with zero attached hydrogens (tertiary/aromatic N) is 3. The van der Waals surface area contributed by atoms with Crippen molar-refractivity contribution in [3.63, 3.8) is 0 Å². The van der Waals surface area contributed by atoms with Crippen LogP contribution in [-0.2, 0) is 22.6 Å². The van der Waals surface area contributed by atoms with Crippen LogP contribution in [0.1, 0.15) is 51.3 Å². The maximum atomic E-state index is 12.5. The van der Waals surface area contributed by atoms with E-state index in [1.807, 2.05) is 29.7 Å². The first-order chi connectivity index (χ1) is 15.0. The Kier molecular flexibility index (Phi) is 6.35. The van der Waals surface area contributed by atoms with Crippen molar-refractivity contribution >= 4 is 29.3 Å². The molecule has 0 radical (unpaired) electrons. The molecule has 1 saturated carbocycles. The maximum absolute atomic E-state index is 12.5. The molecule has 1 fully saturated rings. The largest absolute Gasteiger partial charge is 0.448 e. The molecule has 2 amide bonds. The lowest BCUT2D eigenvalue weighted by molar-refractivity contribution is -0.118. The number of aryl methyl sites for hydroxylation is 1. The molecule has 1 aliphatic heterocycles. The summed E-state index contributed by atoms with van der Waals surface area (Å²) in [6.07, 6.45) is 5.83. The molecular formula is C21H27N5O4S. The molecule has 0 unspecified atom stereocenters. The molecular weight excluding hydrogens is 418 g/mol. The van der Waals surface area contributed by atoms with Gasteiger partial charge in [0.15, 0.2) is 16.7 Å². The van der Waals surface area contributed by atoms with E-state index in [4.69, 9.17) is 15.2 Å². The van der Waals surface area contributed by atoms with Crippen molar-refractivity contribution in [2.45, 2.75) is 69.4 Å². The monoisotopic (exact) mass is 445 g/mol. The van der Waals surface area contributed by atoms with E-state index in [1.54, 1.807) is 0 Å². The Morgan fingerprint density at radius 2 is 1.97 bits per heavy atom. The zero-order valence-corrected chi connectivity index (χ0v) is 18.4. The first-order valence-electron chi connectivity index (χ1n) is 10.6. The number of hydrogen-bond acceptors (Lipinski definition) is 7. The highest BCUT2D eigenvalue weighted by molar-refractivity contribution is 7.99. The van der Waals surface area contributed by atoms with Crippen LogP contribution in [0.3, 0.4) is 0 Å². The Hall–Kier alpha value is -2.75. The normalized spacial score (nSPS) is 16.4. The van der Waals surface area contributed by atoms with Gasteiger partial charge < -0.3 is 25.1 Å². The molecule has 1 aromatic heterocycles. The van der Waals surface area contributed by atoms with Gasteiger partial charge >= 0.3 is 0 Å². The predicted octanol–water partition coefficient (Wildman–Crippen LogP) is 2.88. The van der Waals surface area contributed by atoms with Gasteiger partial charge in [0.2, 0.25) is 11.8 Å². The zero-order chi connectivity index (χ0) is 21.8. The van der Waals surface area contributed by atoms with Crippen molar-refractivity contribution in [2.24, 2.45) is 5.73 Å². The summed E-state index contributed by atoms with van der Waals surface area (Å²) in [4.78, 5) is 23.5. The number of nitrogens with two attached hydrogens (primary N) is 1. The number of hydrogen-bond donors (Lipinski definition) is 2. The van der Waals surface area contributed by atoms with Crippen molar-refractivity contribution in [1.29, 1.82) is 0 Å². The summed E-state index contributed by atoms with van der Waals surface area (Å²) in [5, 5.41) is 11.8. The molecule has 31 heavy (non-hydrogen) atoms. The lowest BCUT2D eigenvalue weighted by Gasteiger charge is -2.31. The molecule has 9 nitrogen and oxygen atoms in total. The van der Waals surface area contributed by atoms with Gasteiger partial charge in [-0.3, -0.25) is 9.59 Å². The Balaban J connectivity index is 1.33. The number of ether oxygens (including phenoxy) is 2. The number of nitrogens with one attached hydrogen (secondary N) is 1. The maximum Gasteiger partial charge on any atom is 0.251 e. The highest BCUT2D eigenvalue weighted by atomic mass is 32.2. The van der Waals surface area contributed by atoms with E-state index in [0.717, 1.165) is 31.4 Å². The van der Waals surface area contributed by atoms with E-state index in [-0.39, 0.29) is 24.0 Å². The third-order valence-electron chi connectivity index (χ3n) is 5.47. The first kappa shape index (κ1) is 21.5. The second-order valence-electron chi connectivity index (χ2n) is 7.78. The van der Waals surface area contributed by atoms with Crippen LogP contribution in [0.15, 0.2) is 23.4 Å². The van der Waals surface area contributed by atoms with Crippen LogP contribution in [0.2, 0.25) is 0 Å². The Bertz CT molecular complexity index is 971. The Morgan fingerprint density at radius 3 is 2.71 bits per heavy atom. The number of thioether (sulfide) groups is 1. The molecule has 3 N–H and O–H groups in total. The molecule has 1 aliphatic carbocycles. The molecule has 10 heteroatoms. The van der Waals surface area contributed by atoms with Gasteiger partial charge in [0, 0.05) is 44.0 Å². The van der Waals surface area contributed by atoms with Crippen molar-refractivity contribution in [3.05, 3.63) is 24.0 Å². The van der Waals surface area contributed by atoms with E-state index in [0.29, 0.717) is 35.4 Å². The zero-order valence-electron chi connectivity index (χ0n) is 17.6. The lowest BCUT2D eigenvalue weighted by atomic mass is 9.94. The minimum Gasteiger partial charge on any atom is -0.448 e. The van der Waals surface area contributed by atoms with Crippen LogP contribution in [0.4, 0.5) is 5.69 Å². The molecule has 166 valence electrons. The van der Waals surface area contributed by atoms with Gasteiger partial charge in [0.1, 0.15) is 5.82 Å². The molecule has 1 spiro atoms. The van der Waals surface area contributed by atoms with Crippen molar-refractivity contribution < 1.29 is 19.1 Å².